The van der Waals surface area contributed by atoms with Gasteiger partial charge in [-0.2, -0.15) is 0 Å². The molecular formula is C20H28OS. The van der Waals surface area contributed by atoms with Crippen molar-refractivity contribution in [2.75, 3.05) is 0 Å². The molecule has 3 fully saturated rings. The molecule has 0 spiro atoms. The van der Waals surface area contributed by atoms with Crippen LogP contribution >= 0.6 is 12.2 Å². The fraction of sp³-hybridized carbons (Fsp3) is 0.800. The van der Waals surface area contributed by atoms with E-state index >= 15 is 0 Å². The van der Waals surface area contributed by atoms with Crippen molar-refractivity contribution in [3.63, 3.8) is 0 Å². The molecule has 0 radical (unpaired) electrons. The molecule has 0 saturated heterocycles. The molecule has 4 aliphatic rings. The predicted molar refractivity (Wildman–Crippen MR) is 93.9 cm³/mol. The number of thiocarbonyl (C=S) groups is 1. The third kappa shape index (κ3) is 1.89. The smallest absolute Gasteiger partial charge is 0.155 e. The lowest BCUT2D eigenvalue weighted by molar-refractivity contribution is -0.117. The Morgan fingerprint density at radius 2 is 1.91 bits per heavy atom. The van der Waals surface area contributed by atoms with E-state index in [1.807, 2.05) is 6.08 Å². The first-order valence-electron chi connectivity index (χ1n) is 9.18. The Hall–Kier alpha value is -0.500. The van der Waals surface area contributed by atoms with Gasteiger partial charge in [0, 0.05) is 6.42 Å². The molecule has 0 amide bonds. The predicted octanol–water partition coefficient (Wildman–Crippen LogP) is 5.13. The number of hydrogen-bond donors (Lipinski definition) is 0. The van der Waals surface area contributed by atoms with Crippen LogP contribution in [0.2, 0.25) is 0 Å². The second-order valence-corrected chi connectivity index (χ2v) is 9.11. The summed E-state index contributed by atoms with van der Waals surface area (Å²) in [5.41, 5.74) is 2.26. The summed E-state index contributed by atoms with van der Waals surface area (Å²) in [5.74, 6) is 3.57. The van der Waals surface area contributed by atoms with Crippen LogP contribution in [0.5, 0.6) is 0 Å². The second kappa shape index (κ2) is 5.00. The summed E-state index contributed by atoms with van der Waals surface area (Å²) in [4.78, 5) is 11.8. The van der Waals surface area contributed by atoms with Crippen molar-refractivity contribution in [1.29, 1.82) is 0 Å². The standard InChI is InChI=1S/C20H28OS/c1-19-9-7-15(21)11-13(19)3-5-16-17-6-4-14(12-22)20(17,2)10-8-18(16)19/h11-12,14,16-18H,3-10H2,1-2H3/t14?,16-,17-,18-,19-,20+/m0/s1. The Kier molecular flexibility index (Phi) is 3.42. The number of rotatable bonds is 1. The van der Waals surface area contributed by atoms with Crippen LogP contribution in [0.25, 0.3) is 0 Å². The Bertz CT molecular complexity index is 550. The summed E-state index contributed by atoms with van der Waals surface area (Å²) >= 11 is 5.35. The lowest BCUT2D eigenvalue weighted by Crippen LogP contribution is -2.50. The molecule has 1 nitrogen and oxygen atoms in total. The molecule has 2 heteroatoms. The van der Waals surface area contributed by atoms with E-state index in [0.717, 1.165) is 37.0 Å². The molecule has 22 heavy (non-hydrogen) atoms. The molecule has 3 saturated carbocycles. The van der Waals surface area contributed by atoms with Crippen molar-refractivity contribution >= 4 is 23.4 Å². The molecule has 0 aliphatic heterocycles. The Labute approximate surface area is 139 Å². The highest BCUT2D eigenvalue weighted by molar-refractivity contribution is 7.79. The molecule has 0 bridgehead atoms. The summed E-state index contributed by atoms with van der Waals surface area (Å²) < 4.78 is 0. The molecular weight excluding hydrogens is 288 g/mol. The molecule has 0 heterocycles. The van der Waals surface area contributed by atoms with Crippen LogP contribution in [0.3, 0.4) is 0 Å². The van der Waals surface area contributed by atoms with Crippen molar-refractivity contribution in [3.05, 3.63) is 11.6 Å². The van der Waals surface area contributed by atoms with E-state index in [1.54, 1.807) is 0 Å². The number of carbonyl (C=O) groups excluding carboxylic acids is 1. The van der Waals surface area contributed by atoms with E-state index < -0.39 is 0 Å². The van der Waals surface area contributed by atoms with Crippen LogP contribution in [-0.2, 0) is 4.79 Å². The van der Waals surface area contributed by atoms with Crippen molar-refractivity contribution < 1.29 is 4.79 Å². The van der Waals surface area contributed by atoms with Crippen LogP contribution in [0, 0.1) is 34.5 Å². The van der Waals surface area contributed by atoms with Crippen molar-refractivity contribution in [3.8, 4) is 0 Å². The van der Waals surface area contributed by atoms with E-state index in [0.29, 0.717) is 22.5 Å². The molecule has 0 aromatic carbocycles. The molecule has 120 valence electrons. The number of allylic oxidation sites excluding steroid dienone is 1. The number of hydrogen-bond acceptors (Lipinski definition) is 2. The second-order valence-electron chi connectivity index (χ2n) is 8.83. The zero-order chi connectivity index (χ0) is 15.5. The largest absolute Gasteiger partial charge is 0.295 e. The van der Waals surface area contributed by atoms with Gasteiger partial charge in [0.1, 0.15) is 0 Å². The summed E-state index contributed by atoms with van der Waals surface area (Å²) in [6.45, 7) is 4.99. The first-order chi connectivity index (χ1) is 10.5. The first-order valence-corrected chi connectivity index (χ1v) is 9.65. The molecule has 4 aliphatic carbocycles. The highest BCUT2D eigenvalue weighted by Crippen LogP contribution is 2.66. The minimum Gasteiger partial charge on any atom is -0.295 e. The molecule has 6 atom stereocenters. The zero-order valence-corrected chi connectivity index (χ0v) is 14.8. The van der Waals surface area contributed by atoms with E-state index in [-0.39, 0.29) is 0 Å². The minimum absolute atomic E-state index is 0.313. The van der Waals surface area contributed by atoms with Gasteiger partial charge < -0.3 is 0 Å². The lowest BCUT2D eigenvalue weighted by atomic mass is 9.47. The van der Waals surface area contributed by atoms with Crippen LogP contribution in [0.1, 0.15) is 65.2 Å². The average molecular weight is 317 g/mol. The summed E-state index contributed by atoms with van der Waals surface area (Å²) in [7, 11) is 0. The fourth-order valence-electron chi connectivity index (χ4n) is 6.82. The summed E-state index contributed by atoms with van der Waals surface area (Å²) in [6, 6.07) is 0. The monoisotopic (exact) mass is 316 g/mol. The van der Waals surface area contributed by atoms with Gasteiger partial charge in [-0.1, -0.05) is 31.6 Å². The molecule has 1 unspecified atom stereocenters. The van der Waals surface area contributed by atoms with E-state index in [2.05, 4.69) is 19.2 Å². The number of carbonyl (C=O) groups is 1. The quantitative estimate of drug-likeness (QED) is 0.623. The SMILES string of the molecule is C[C@]12CCC(=O)C=C1CC[C@@H]1[C@@H]2CC[C@]2(C)C(C=S)CC[C@@H]12. The van der Waals surface area contributed by atoms with Gasteiger partial charge >= 0.3 is 0 Å². The van der Waals surface area contributed by atoms with Gasteiger partial charge in [-0.3, -0.25) is 4.79 Å². The Balaban J connectivity index is 1.68. The van der Waals surface area contributed by atoms with E-state index in [9.17, 15) is 4.79 Å². The summed E-state index contributed by atoms with van der Waals surface area (Å²) in [5, 5.41) is 2.08. The van der Waals surface area contributed by atoms with Crippen LogP contribution in [-0.4, -0.2) is 11.2 Å². The van der Waals surface area contributed by atoms with Crippen LogP contribution in [0.4, 0.5) is 0 Å². The minimum atomic E-state index is 0.313. The Morgan fingerprint density at radius 3 is 2.68 bits per heavy atom. The summed E-state index contributed by atoms with van der Waals surface area (Å²) in [6.07, 6.45) is 11.7. The van der Waals surface area contributed by atoms with Crippen molar-refractivity contribution in [2.24, 2.45) is 34.5 Å². The molecule has 0 N–H and O–H groups in total. The third-order valence-electron chi connectivity index (χ3n) is 8.20. The van der Waals surface area contributed by atoms with Crippen molar-refractivity contribution in [2.45, 2.75) is 65.2 Å². The molecule has 4 rings (SSSR count). The highest BCUT2D eigenvalue weighted by Gasteiger charge is 2.58. The van der Waals surface area contributed by atoms with Crippen molar-refractivity contribution in [1.82, 2.24) is 0 Å². The molecule has 0 aromatic rings. The van der Waals surface area contributed by atoms with E-state index in [4.69, 9.17) is 12.2 Å². The van der Waals surface area contributed by atoms with Gasteiger partial charge in [0.2, 0.25) is 0 Å². The van der Waals surface area contributed by atoms with Gasteiger partial charge in [-0.05, 0) is 90.9 Å². The van der Waals surface area contributed by atoms with Gasteiger partial charge in [0.05, 0.1) is 0 Å². The van der Waals surface area contributed by atoms with Gasteiger partial charge in [0.25, 0.3) is 0 Å². The van der Waals surface area contributed by atoms with E-state index in [1.165, 1.54) is 37.7 Å². The number of ketones is 1. The Morgan fingerprint density at radius 1 is 1.09 bits per heavy atom. The lowest BCUT2D eigenvalue weighted by Gasteiger charge is -2.58. The van der Waals surface area contributed by atoms with Gasteiger partial charge in [-0.15, -0.1) is 0 Å². The highest BCUT2D eigenvalue weighted by atomic mass is 32.1. The number of fused-ring (bicyclic) bond motifs is 5. The van der Waals surface area contributed by atoms with Crippen LogP contribution < -0.4 is 0 Å². The maximum absolute atomic E-state index is 11.8. The third-order valence-corrected chi connectivity index (χ3v) is 8.53. The maximum atomic E-state index is 11.8. The maximum Gasteiger partial charge on any atom is 0.155 e. The average Bonchev–Trinajstić information content (AvgIpc) is 2.84. The fourth-order valence-corrected chi connectivity index (χ4v) is 7.27. The first kappa shape index (κ1) is 15.1. The van der Waals surface area contributed by atoms with Gasteiger partial charge in [-0.25, -0.2) is 0 Å². The topological polar surface area (TPSA) is 17.1 Å². The molecule has 0 aromatic heterocycles. The zero-order valence-electron chi connectivity index (χ0n) is 13.9. The van der Waals surface area contributed by atoms with Gasteiger partial charge in [0.15, 0.2) is 5.78 Å². The van der Waals surface area contributed by atoms with Crippen LogP contribution in [0.15, 0.2) is 11.6 Å². The normalized spacial score (nSPS) is 50.6.